The lowest BCUT2D eigenvalue weighted by Gasteiger charge is -2.12. The average molecular weight is 339 g/mol. The van der Waals surface area contributed by atoms with Crippen LogP contribution in [0.2, 0.25) is 0 Å². The Bertz CT molecular complexity index is 493. The second kappa shape index (κ2) is 9.12. The summed E-state index contributed by atoms with van der Waals surface area (Å²) < 4.78 is 10.5. The molecule has 1 heterocycles. The Morgan fingerprint density at radius 1 is 1.50 bits per heavy atom. The Balaban J connectivity index is 1.74. The fourth-order valence-electron chi connectivity index (χ4n) is 1.97. The Morgan fingerprint density at radius 2 is 2.27 bits per heavy atom. The molecule has 1 fully saturated rings. The molecule has 0 radical (unpaired) electrons. The van der Waals surface area contributed by atoms with Gasteiger partial charge in [-0.2, -0.15) is 0 Å². The standard InChI is InChI=1S/C16H21NO3S2/c1-3-9-20-12-5-7-13(8-6-12)21-11-15-17-14(10-22-15)16(18)19-4-2/h3,5-8,14-15,17H,1,4,9-11H2,2H3. The van der Waals surface area contributed by atoms with Crippen molar-refractivity contribution in [3.05, 3.63) is 36.9 Å². The molecule has 2 atom stereocenters. The Morgan fingerprint density at radius 3 is 2.95 bits per heavy atom. The number of thioether (sulfide) groups is 2. The average Bonchev–Trinajstić information content (AvgIpc) is 3.01. The number of benzene rings is 1. The predicted octanol–water partition coefficient (Wildman–Crippen LogP) is 2.94. The van der Waals surface area contributed by atoms with E-state index in [0.717, 1.165) is 17.3 Å². The highest BCUT2D eigenvalue weighted by atomic mass is 32.2. The first-order valence-corrected chi connectivity index (χ1v) is 9.27. The van der Waals surface area contributed by atoms with E-state index < -0.39 is 0 Å². The van der Waals surface area contributed by atoms with E-state index in [-0.39, 0.29) is 17.4 Å². The Labute approximate surface area is 140 Å². The first kappa shape index (κ1) is 17.2. The van der Waals surface area contributed by atoms with E-state index in [4.69, 9.17) is 9.47 Å². The Hall–Kier alpha value is -1.11. The number of hydrogen-bond donors (Lipinski definition) is 1. The van der Waals surface area contributed by atoms with Gasteiger partial charge in [0.05, 0.1) is 12.0 Å². The molecule has 6 heteroatoms. The quantitative estimate of drug-likeness (QED) is 0.446. The first-order valence-electron chi connectivity index (χ1n) is 7.23. The van der Waals surface area contributed by atoms with Crippen molar-refractivity contribution in [2.24, 2.45) is 0 Å². The van der Waals surface area contributed by atoms with Gasteiger partial charge >= 0.3 is 5.97 Å². The van der Waals surface area contributed by atoms with Crippen LogP contribution in [0.3, 0.4) is 0 Å². The summed E-state index contributed by atoms with van der Waals surface area (Å²) in [4.78, 5) is 12.9. The van der Waals surface area contributed by atoms with Crippen LogP contribution in [0.15, 0.2) is 41.8 Å². The monoisotopic (exact) mass is 339 g/mol. The highest BCUT2D eigenvalue weighted by molar-refractivity contribution is 8.03. The summed E-state index contributed by atoms with van der Waals surface area (Å²) in [7, 11) is 0. The van der Waals surface area contributed by atoms with Crippen LogP contribution >= 0.6 is 23.5 Å². The molecule has 2 unspecified atom stereocenters. The van der Waals surface area contributed by atoms with Crippen molar-refractivity contribution < 1.29 is 14.3 Å². The minimum atomic E-state index is -0.176. The second-order valence-corrected chi connectivity index (χ2v) is 7.00. The highest BCUT2D eigenvalue weighted by Crippen LogP contribution is 2.28. The molecule has 1 aromatic rings. The molecule has 1 aliphatic heterocycles. The van der Waals surface area contributed by atoms with E-state index in [1.54, 1.807) is 29.6 Å². The van der Waals surface area contributed by atoms with Crippen LogP contribution in [-0.4, -0.2) is 42.1 Å². The number of rotatable bonds is 8. The maximum atomic E-state index is 11.7. The third kappa shape index (κ3) is 5.26. The van der Waals surface area contributed by atoms with Crippen LogP contribution in [0.25, 0.3) is 0 Å². The minimum Gasteiger partial charge on any atom is -0.490 e. The number of nitrogens with one attached hydrogen (secondary N) is 1. The molecule has 1 N–H and O–H groups in total. The number of carbonyl (C=O) groups is 1. The van der Waals surface area contributed by atoms with Crippen LogP contribution in [0.5, 0.6) is 5.75 Å². The van der Waals surface area contributed by atoms with Gasteiger partial charge in [-0.15, -0.1) is 23.5 Å². The van der Waals surface area contributed by atoms with Crippen LogP contribution in [0.1, 0.15) is 6.92 Å². The number of ether oxygens (including phenoxy) is 2. The smallest absolute Gasteiger partial charge is 0.324 e. The van der Waals surface area contributed by atoms with Gasteiger partial charge in [0.15, 0.2) is 0 Å². The fraction of sp³-hybridized carbons (Fsp3) is 0.438. The molecule has 0 aliphatic carbocycles. The van der Waals surface area contributed by atoms with Crippen molar-refractivity contribution in [1.29, 1.82) is 0 Å². The second-order valence-electron chi connectivity index (χ2n) is 4.68. The summed E-state index contributed by atoms with van der Waals surface area (Å²) in [5.74, 6) is 2.39. The van der Waals surface area contributed by atoms with Crippen LogP contribution in [0.4, 0.5) is 0 Å². The van der Waals surface area contributed by atoms with Gasteiger partial charge in [0.2, 0.25) is 0 Å². The molecule has 0 bridgehead atoms. The molecule has 1 saturated heterocycles. The number of hydrogen-bond acceptors (Lipinski definition) is 6. The van der Waals surface area contributed by atoms with E-state index in [1.165, 1.54) is 4.90 Å². The van der Waals surface area contributed by atoms with Crippen molar-refractivity contribution in [1.82, 2.24) is 5.32 Å². The molecule has 0 saturated carbocycles. The fourth-order valence-corrected chi connectivity index (χ4v) is 4.24. The van der Waals surface area contributed by atoms with Gasteiger partial charge in [-0.3, -0.25) is 10.1 Å². The molecule has 0 amide bonds. The van der Waals surface area contributed by atoms with Crippen molar-refractivity contribution >= 4 is 29.5 Å². The molecule has 22 heavy (non-hydrogen) atoms. The van der Waals surface area contributed by atoms with Gasteiger partial charge in [-0.05, 0) is 31.2 Å². The topological polar surface area (TPSA) is 47.6 Å². The maximum absolute atomic E-state index is 11.7. The summed E-state index contributed by atoms with van der Waals surface area (Å²) in [6.07, 6.45) is 1.73. The summed E-state index contributed by atoms with van der Waals surface area (Å²) in [5.41, 5.74) is 0. The molecule has 2 rings (SSSR count). The van der Waals surface area contributed by atoms with Gasteiger partial charge in [-0.25, -0.2) is 0 Å². The van der Waals surface area contributed by atoms with Crippen molar-refractivity contribution in [2.45, 2.75) is 23.2 Å². The molecule has 0 aromatic heterocycles. The minimum absolute atomic E-state index is 0.147. The number of carbonyl (C=O) groups excluding carboxylic acids is 1. The third-order valence-electron chi connectivity index (χ3n) is 3.02. The van der Waals surface area contributed by atoms with Gasteiger partial charge in [0.25, 0.3) is 0 Å². The van der Waals surface area contributed by atoms with E-state index in [0.29, 0.717) is 13.2 Å². The molecule has 120 valence electrons. The van der Waals surface area contributed by atoms with Crippen molar-refractivity contribution in [3.63, 3.8) is 0 Å². The third-order valence-corrected chi connectivity index (χ3v) is 5.56. The summed E-state index contributed by atoms with van der Waals surface area (Å²) in [5, 5.41) is 3.59. The van der Waals surface area contributed by atoms with Crippen molar-refractivity contribution in [2.75, 3.05) is 24.7 Å². The summed E-state index contributed by atoms with van der Waals surface area (Å²) in [6, 6.07) is 7.84. The lowest BCUT2D eigenvalue weighted by molar-refractivity contribution is -0.144. The number of esters is 1. The molecular formula is C16H21NO3S2. The molecule has 0 spiro atoms. The first-order chi connectivity index (χ1) is 10.7. The SMILES string of the molecule is C=CCOc1ccc(SCC2NC(C(=O)OCC)CS2)cc1. The van der Waals surface area contributed by atoms with Gasteiger partial charge in [-0.1, -0.05) is 12.7 Å². The lowest BCUT2D eigenvalue weighted by atomic mass is 10.3. The van der Waals surface area contributed by atoms with E-state index in [9.17, 15) is 4.79 Å². The normalized spacial score (nSPS) is 20.6. The largest absolute Gasteiger partial charge is 0.490 e. The summed E-state index contributed by atoms with van der Waals surface area (Å²) >= 11 is 3.54. The predicted molar refractivity (Wildman–Crippen MR) is 92.7 cm³/mol. The lowest BCUT2D eigenvalue weighted by Crippen LogP contribution is -2.38. The molecule has 4 nitrogen and oxygen atoms in total. The van der Waals surface area contributed by atoms with Crippen molar-refractivity contribution in [3.8, 4) is 5.75 Å². The zero-order valence-electron chi connectivity index (χ0n) is 12.6. The zero-order valence-corrected chi connectivity index (χ0v) is 14.3. The molecular weight excluding hydrogens is 318 g/mol. The Kier molecular flexibility index (Phi) is 7.15. The zero-order chi connectivity index (χ0) is 15.8. The van der Waals surface area contributed by atoms with E-state index in [1.807, 2.05) is 31.2 Å². The highest BCUT2D eigenvalue weighted by Gasteiger charge is 2.30. The van der Waals surface area contributed by atoms with Gasteiger partial charge < -0.3 is 9.47 Å². The van der Waals surface area contributed by atoms with Gasteiger partial charge in [0, 0.05) is 16.4 Å². The van der Waals surface area contributed by atoms with Crippen LogP contribution in [0, 0.1) is 0 Å². The molecule has 1 aromatic carbocycles. The summed E-state index contributed by atoms with van der Waals surface area (Å²) in [6.45, 7) is 6.40. The van der Waals surface area contributed by atoms with Crippen LogP contribution in [-0.2, 0) is 9.53 Å². The maximum Gasteiger partial charge on any atom is 0.324 e. The van der Waals surface area contributed by atoms with Gasteiger partial charge in [0.1, 0.15) is 18.4 Å². The van der Waals surface area contributed by atoms with E-state index >= 15 is 0 Å². The van der Waals surface area contributed by atoms with E-state index in [2.05, 4.69) is 11.9 Å². The molecule has 1 aliphatic rings. The van der Waals surface area contributed by atoms with Crippen LogP contribution < -0.4 is 10.1 Å².